The first-order chi connectivity index (χ1) is 11.9. The average molecular weight is 410 g/mol. The highest BCUT2D eigenvalue weighted by Gasteiger charge is 2.28. The molecule has 0 saturated carbocycles. The summed E-state index contributed by atoms with van der Waals surface area (Å²) in [6.07, 6.45) is 1.05. The van der Waals surface area contributed by atoms with Gasteiger partial charge in [0.2, 0.25) is 5.91 Å². The second-order valence-electron chi connectivity index (χ2n) is 6.94. The lowest BCUT2D eigenvalue weighted by atomic mass is 9.92. The predicted molar refractivity (Wildman–Crippen MR) is 107 cm³/mol. The molecule has 1 fully saturated rings. The van der Waals surface area contributed by atoms with Crippen molar-refractivity contribution >= 4 is 33.5 Å². The van der Waals surface area contributed by atoms with Gasteiger partial charge in [-0.3, -0.25) is 9.79 Å². The highest BCUT2D eigenvalue weighted by atomic mass is 79.9. The van der Waals surface area contributed by atoms with E-state index in [4.69, 9.17) is 0 Å². The number of carbonyl (C=O) groups excluding carboxylic acids is 1. The molecule has 0 aliphatic carbocycles. The highest BCUT2D eigenvalue weighted by Crippen LogP contribution is 2.22. The zero-order valence-corrected chi connectivity index (χ0v) is 17.0. The molecule has 1 unspecified atom stereocenters. The number of rotatable bonds is 5. The smallest absolute Gasteiger partial charge is 0.227 e. The summed E-state index contributed by atoms with van der Waals surface area (Å²) >= 11 is 3.47. The monoisotopic (exact) mass is 409 g/mol. The fraction of sp³-hybridized carbons (Fsp3) is 0.556. The fourth-order valence-corrected chi connectivity index (χ4v) is 3.14. The van der Waals surface area contributed by atoms with Crippen LogP contribution in [-0.2, 0) is 4.79 Å². The van der Waals surface area contributed by atoms with Crippen molar-refractivity contribution in [3.63, 3.8) is 0 Å². The summed E-state index contributed by atoms with van der Waals surface area (Å²) in [4.78, 5) is 18.5. The van der Waals surface area contributed by atoms with Crippen molar-refractivity contribution in [3.05, 3.63) is 28.7 Å². The Labute approximate surface area is 158 Å². The quantitative estimate of drug-likeness (QED) is 0.513. The third-order valence-electron chi connectivity index (χ3n) is 4.48. The number of guanidine groups is 1. The maximum absolute atomic E-state index is 11.9. The molecule has 1 aliphatic heterocycles. The van der Waals surface area contributed by atoms with Crippen molar-refractivity contribution in [2.24, 2.45) is 10.4 Å². The van der Waals surface area contributed by atoms with Crippen LogP contribution in [0.5, 0.6) is 0 Å². The minimum Gasteiger partial charge on any atom is -0.369 e. The lowest BCUT2D eigenvalue weighted by Gasteiger charge is -2.25. The van der Waals surface area contributed by atoms with Gasteiger partial charge in [0.05, 0.1) is 5.41 Å². The summed E-state index contributed by atoms with van der Waals surface area (Å²) in [7, 11) is 3.41. The summed E-state index contributed by atoms with van der Waals surface area (Å²) < 4.78 is 1.09. The topological polar surface area (TPSA) is 68.8 Å². The molecular weight excluding hydrogens is 382 g/mol. The van der Waals surface area contributed by atoms with Gasteiger partial charge < -0.3 is 20.9 Å². The number of amides is 1. The lowest BCUT2D eigenvalue weighted by molar-refractivity contribution is -0.128. The first kappa shape index (κ1) is 19.6. The Morgan fingerprint density at radius 3 is 2.64 bits per heavy atom. The summed E-state index contributed by atoms with van der Waals surface area (Å²) in [6.45, 7) is 6.30. The molecule has 1 amide bonds. The van der Waals surface area contributed by atoms with Crippen molar-refractivity contribution in [2.45, 2.75) is 26.3 Å². The van der Waals surface area contributed by atoms with Gasteiger partial charge in [0.1, 0.15) is 0 Å². The van der Waals surface area contributed by atoms with E-state index in [1.54, 1.807) is 14.1 Å². The molecule has 7 heteroatoms. The highest BCUT2D eigenvalue weighted by molar-refractivity contribution is 9.10. The largest absolute Gasteiger partial charge is 0.369 e. The van der Waals surface area contributed by atoms with Gasteiger partial charge in [0.15, 0.2) is 5.96 Å². The number of aliphatic imine (C=N–C) groups is 1. The van der Waals surface area contributed by atoms with Gasteiger partial charge in [-0.2, -0.15) is 0 Å². The van der Waals surface area contributed by atoms with Crippen LogP contribution >= 0.6 is 15.9 Å². The van der Waals surface area contributed by atoms with Gasteiger partial charge >= 0.3 is 0 Å². The number of carbonyl (C=O) groups is 1. The van der Waals surface area contributed by atoms with Crippen LogP contribution in [0, 0.1) is 5.41 Å². The number of nitrogens with one attached hydrogen (secondary N) is 3. The van der Waals surface area contributed by atoms with Crippen molar-refractivity contribution in [1.82, 2.24) is 16.0 Å². The molecule has 6 nitrogen and oxygen atoms in total. The SMILES string of the molecule is CN=C(NCC(C)(C)C(=O)NC)NC1CCN(c2ccc(Br)cc2)C1. The summed E-state index contributed by atoms with van der Waals surface area (Å²) in [5, 5.41) is 9.43. The number of hydrogen-bond donors (Lipinski definition) is 3. The van der Waals surface area contributed by atoms with E-state index < -0.39 is 5.41 Å². The molecule has 0 radical (unpaired) electrons. The van der Waals surface area contributed by atoms with Crippen LogP contribution in [-0.4, -0.2) is 51.6 Å². The maximum atomic E-state index is 11.9. The second kappa shape index (κ2) is 8.56. The van der Waals surface area contributed by atoms with Crippen LogP contribution < -0.4 is 20.9 Å². The number of hydrogen-bond acceptors (Lipinski definition) is 3. The molecule has 0 spiro atoms. The summed E-state index contributed by atoms with van der Waals surface area (Å²) in [5.74, 6) is 0.748. The standard InChI is InChI=1S/C18H28BrN5O/c1-18(2,16(25)20-3)12-22-17(21-4)23-14-9-10-24(11-14)15-7-5-13(19)6-8-15/h5-8,14H,9-12H2,1-4H3,(H,20,25)(H2,21,22,23). The van der Waals surface area contributed by atoms with Crippen molar-refractivity contribution in [3.8, 4) is 0 Å². The minimum absolute atomic E-state index is 0.0118. The van der Waals surface area contributed by atoms with E-state index in [2.05, 4.69) is 66.0 Å². The van der Waals surface area contributed by atoms with Crippen LogP contribution in [0.15, 0.2) is 33.7 Å². The van der Waals surface area contributed by atoms with Crippen LogP contribution in [0.2, 0.25) is 0 Å². The molecule has 2 rings (SSSR count). The van der Waals surface area contributed by atoms with E-state index in [0.29, 0.717) is 12.6 Å². The molecule has 1 aromatic carbocycles. The average Bonchev–Trinajstić information content (AvgIpc) is 3.06. The Morgan fingerprint density at radius 2 is 2.04 bits per heavy atom. The molecule has 0 aromatic heterocycles. The molecule has 1 heterocycles. The molecule has 0 bridgehead atoms. The first-order valence-electron chi connectivity index (χ1n) is 8.55. The van der Waals surface area contributed by atoms with Crippen molar-refractivity contribution in [1.29, 1.82) is 0 Å². The van der Waals surface area contributed by atoms with Gasteiger partial charge in [0.25, 0.3) is 0 Å². The molecular formula is C18H28BrN5O. The van der Waals surface area contributed by atoms with Gasteiger partial charge in [-0.15, -0.1) is 0 Å². The van der Waals surface area contributed by atoms with E-state index in [0.717, 1.165) is 29.9 Å². The Morgan fingerprint density at radius 1 is 1.36 bits per heavy atom. The van der Waals surface area contributed by atoms with Crippen LogP contribution in [0.4, 0.5) is 5.69 Å². The Hall–Kier alpha value is -1.76. The number of benzene rings is 1. The van der Waals surface area contributed by atoms with E-state index in [9.17, 15) is 4.79 Å². The Kier molecular flexibility index (Phi) is 6.70. The van der Waals surface area contributed by atoms with Gasteiger partial charge in [-0.05, 0) is 44.5 Å². The predicted octanol–water partition coefficient (Wildman–Crippen LogP) is 1.96. The molecule has 138 valence electrons. The molecule has 1 atom stereocenters. The zero-order chi connectivity index (χ0) is 18.4. The number of nitrogens with zero attached hydrogens (tertiary/aromatic N) is 2. The third kappa shape index (κ3) is 5.36. The fourth-order valence-electron chi connectivity index (χ4n) is 2.88. The molecule has 1 aromatic rings. The summed E-state index contributed by atoms with van der Waals surface area (Å²) in [5.41, 5.74) is 0.738. The zero-order valence-electron chi connectivity index (χ0n) is 15.4. The van der Waals surface area contributed by atoms with E-state index in [1.807, 2.05) is 13.8 Å². The Balaban J connectivity index is 1.86. The molecule has 25 heavy (non-hydrogen) atoms. The second-order valence-corrected chi connectivity index (χ2v) is 7.86. The van der Waals surface area contributed by atoms with Crippen LogP contribution in [0.3, 0.4) is 0 Å². The van der Waals surface area contributed by atoms with Gasteiger partial charge in [0, 0.05) is 49.9 Å². The molecule has 3 N–H and O–H groups in total. The van der Waals surface area contributed by atoms with Gasteiger partial charge in [-0.1, -0.05) is 15.9 Å². The van der Waals surface area contributed by atoms with E-state index in [1.165, 1.54) is 5.69 Å². The summed E-state index contributed by atoms with van der Waals surface area (Å²) in [6, 6.07) is 8.73. The molecule has 1 saturated heterocycles. The molecule has 1 aliphatic rings. The van der Waals surface area contributed by atoms with Crippen LogP contribution in [0.1, 0.15) is 20.3 Å². The first-order valence-corrected chi connectivity index (χ1v) is 9.35. The van der Waals surface area contributed by atoms with Crippen LogP contribution in [0.25, 0.3) is 0 Å². The Bertz CT molecular complexity index is 614. The normalized spacial score (nSPS) is 18.2. The van der Waals surface area contributed by atoms with Crippen molar-refractivity contribution < 1.29 is 4.79 Å². The third-order valence-corrected chi connectivity index (χ3v) is 5.01. The maximum Gasteiger partial charge on any atom is 0.227 e. The number of anilines is 1. The lowest BCUT2D eigenvalue weighted by Crippen LogP contribution is -2.50. The van der Waals surface area contributed by atoms with E-state index >= 15 is 0 Å². The van der Waals surface area contributed by atoms with Crippen molar-refractivity contribution in [2.75, 3.05) is 38.6 Å². The van der Waals surface area contributed by atoms with E-state index in [-0.39, 0.29) is 5.91 Å². The van der Waals surface area contributed by atoms with Gasteiger partial charge in [-0.25, -0.2) is 0 Å². The number of halogens is 1. The minimum atomic E-state index is -0.495.